The van der Waals surface area contributed by atoms with Crippen molar-refractivity contribution in [1.29, 1.82) is 0 Å². The second kappa shape index (κ2) is 4.85. The standard InChI is InChI=1S/C11H8FNO2S2/c1-15-8-3-2-6(4-7(8)12)5-9-10(14)13-11(16)17-9/h2-5H,1H3,(H,13,14,16)/b9-5+. The Hall–Kier alpha value is -1.40. The van der Waals surface area contributed by atoms with Gasteiger partial charge in [-0.15, -0.1) is 0 Å². The summed E-state index contributed by atoms with van der Waals surface area (Å²) in [6.07, 6.45) is 1.59. The summed E-state index contributed by atoms with van der Waals surface area (Å²) in [5, 5.41) is 2.49. The third kappa shape index (κ3) is 2.65. The first-order valence-electron chi connectivity index (χ1n) is 4.68. The molecule has 0 aliphatic carbocycles. The van der Waals surface area contributed by atoms with Crippen molar-refractivity contribution >= 4 is 40.3 Å². The minimum atomic E-state index is -0.465. The number of carbonyl (C=O) groups excluding carboxylic acids is 1. The molecule has 1 N–H and O–H groups in total. The maximum atomic E-state index is 13.4. The number of amides is 1. The number of nitrogens with one attached hydrogen (secondary N) is 1. The van der Waals surface area contributed by atoms with E-state index in [0.717, 1.165) is 11.8 Å². The summed E-state index contributed by atoms with van der Waals surface area (Å²) in [4.78, 5) is 11.8. The van der Waals surface area contributed by atoms with Crippen LogP contribution in [0.5, 0.6) is 5.75 Å². The lowest BCUT2D eigenvalue weighted by atomic mass is 10.2. The molecule has 1 aliphatic heterocycles. The van der Waals surface area contributed by atoms with Gasteiger partial charge < -0.3 is 10.1 Å². The van der Waals surface area contributed by atoms with Crippen LogP contribution in [0.15, 0.2) is 23.1 Å². The van der Waals surface area contributed by atoms with Crippen LogP contribution < -0.4 is 10.1 Å². The zero-order chi connectivity index (χ0) is 12.4. The fraction of sp³-hybridized carbons (Fsp3) is 0.0909. The van der Waals surface area contributed by atoms with Gasteiger partial charge in [-0.3, -0.25) is 4.79 Å². The number of halogens is 1. The first-order valence-corrected chi connectivity index (χ1v) is 5.91. The Morgan fingerprint density at radius 1 is 1.53 bits per heavy atom. The first-order chi connectivity index (χ1) is 8.10. The largest absolute Gasteiger partial charge is 0.494 e. The third-order valence-corrected chi connectivity index (χ3v) is 3.28. The van der Waals surface area contributed by atoms with E-state index < -0.39 is 5.82 Å². The van der Waals surface area contributed by atoms with Gasteiger partial charge in [0, 0.05) is 0 Å². The Kier molecular flexibility index (Phi) is 3.44. The lowest BCUT2D eigenvalue weighted by Gasteiger charge is -2.02. The molecule has 0 saturated carbocycles. The Bertz CT molecular complexity index is 528. The molecule has 2 rings (SSSR count). The van der Waals surface area contributed by atoms with E-state index in [9.17, 15) is 9.18 Å². The van der Waals surface area contributed by atoms with Crippen LogP contribution in [0.1, 0.15) is 5.56 Å². The topological polar surface area (TPSA) is 38.3 Å². The molecule has 1 aromatic rings. The zero-order valence-corrected chi connectivity index (χ0v) is 10.5. The summed E-state index contributed by atoms with van der Waals surface area (Å²) < 4.78 is 18.6. The molecule has 0 bridgehead atoms. The quantitative estimate of drug-likeness (QED) is 0.660. The van der Waals surface area contributed by atoms with E-state index in [1.807, 2.05) is 0 Å². The molecule has 1 saturated heterocycles. The predicted molar refractivity (Wildman–Crippen MR) is 69.3 cm³/mol. The zero-order valence-electron chi connectivity index (χ0n) is 8.82. The fourth-order valence-electron chi connectivity index (χ4n) is 1.34. The summed E-state index contributed by atoms with van der Waals surface area (Å²) in [6.45, 7) is 0. The average molecular weight is 269 g/mol. The number of hydrogen-bond acceptors (Lipinski definition) is 4. The summed E-state index contributed by atoms with van der Waals surface area (Å²) in [7, 11) is 1.40. The van der Waals surface area contributed by atoms with Crippen LogP contribution in [0.3, 0.4) is 0 Å². The first kappa shape index (κ1) is 12.1. The predicted octanol–water partition coefficient (Wildman–Crippen LogP) is 2.32. The Labute approximate surface area is 107 Å². The van der Waals surface area contributed by atoms with Gasteiger partial charge in [0.1, 0.15) is 4.32 Å². The Morgan fingerprint density at radius 3 is 2.82 bits per heavy atom. The van der Waals surface area contributed by atoms with Gasteiger partial charge in [0.05, 0.1) is 12.0 Å². The highest BCUT2D eigenvalue weighted by Gasteiger charge is 2.21. The van der Waals surface area contributed by atoms with Crippen LogP contribution in [-0.4, -0.2) is 17.3 Å². The van der Waals surface area contributed by atoms with E-state index >= 15 is 0 Å². The number of thiocarbonyl (C=S) groups is 1. The number of benzene rings is 1. The van der Waals surface area contributed by atoms with Crippen molar-refractivity contribution in [3.63, 3.8) is 0 Å². The van der Waals surface area contributed by atoms with Gasteiger partial charge in [0.25, 0.3) is 5.91 Å². The lowest BCUT2D eigenvalue weighted by molar-refractivity contribution is -0.115. The lowest BCUT2D eigenvalue weighted by Crippen LogP contribution is -2.17. The van der Waals surface area contributed by atoms with Crippen molar-refractivity contribution in [3.8, 4) is 5.75 Å². The molecule has 3 nitrogen and oxygen atoms in total. The van der Waals surface area contributed by atoms with Crippen LogP contribution in [0.4, 0.5) is 4.39 Å². The van der Waals surface area contributed by atoms with E-state index in [0.29, 0.717) is 14.8 Å². The van der Waals surface area contributed by atoms with Crippen molar-refractivity contribution in [2.75, 3.05) is 7.11 Å². The number of hydrogen-bond donors (Lipinski definition) is 1. The SMILES string of the molecule is COc1ccc(/C=C2/SC(=S)NC2=O)cc1F. The Morgan fingerprint density at radius 2 is 2.29 bits per heavy atom. The van der Waals surface area contributed by atoms with Crippen LogP contribution in [0.25, 0.3) is 6.08 Å². The highest BCUT2D eigenvalue weighted by Crippen LogP contribution is 2.27. The molecular formula is C11H8FNO2S2. The average Bonchev–Trinajstić information content (AvgIpc) is 2.58. The summed E-state index contributed by atoms with van der Waals surface area (Å²) >= 11 is 6.01. The molecule has 0 aromatic heterocycles. The van der Waals surface area contributed by atoms with Gasteiger partial charge in [0.15, 0.2) is 11.6 Å². The van der Waals surface area contributed by atoms with E-state index in [4.69, 9.17) is 17.0 Å². The molecule has 1 amide bonds. The van der Waals surface area contributed by atoms with Crippen molar-refractivity contribution < 1.29 is 13.9 Å². The number of thioether (sulfide) groups is 1. The molecule has 0 spiro atoms. The molecule has 17 heavy (non-hydrogen) atoms. The number of carbonyl (C=O) groups is 1. The minimum Gasteiger partial charge on any atom is -0.494 e. The second-order valence-corrected chi connectivity index (χ2v) is 4.97. The van der Waals surface area contributed by atoms with Crippen molar-refractivity contribution in [2.45, 2.75) is 0 Å². The highest BCUT2D eigenvalue weighted by molar-refractivity contribution is 8.26. The highest BCUT2D eigenvalue weighted by atomic mass is 32.2. The van der Waals surface area contributed by atoms with Gasteiger partial charge in [-0.05, 0) is 23.8 Å². The van der Waals surface area contributed by atoms with Crippen molar-refractivity contribution in [1.82, 2.24) is 5.32 Å². The minimum absolute atomic E-state index is 0.172. The summed E-state index contributed by atoms with van der Waals surface area (Å²) in [5.41, 5.74) is 0.589. The van der Waals surface area contributed by atoms with E-state index in [1.165, 1.54) is 19.2 Å². The Balaban J connectivity index is 2.30. The molecule has 1 fully saturated rings. The molecular weight excluding hydrogens is 261 g/mol. The van der Waals surface area contributed by atoms with E-state index in [1.54, 1.807) is 12.1 Å². The number of rotatable bonds is 2. The summed E-state index contributed by atoms with van der Waals surface area (Å²) in [5.74, 6) is -0.546. The van der Waals surface area contributed by atoms with Crippen molar-refractivity contribution in [3.05, 3.63) is 34.5 Å². The van der Waals surface area contributed by atoms with Gasteiger partial charge in [-0.1, -0.05) is 30.0 Å². The third-order valence-electron chi connectivity index (χ3n) is 2.12. The summed E-state index contributed by atoms with van der Waals surface area (Å²) in [6, 6.07) is 4.49. The smallest absolute Gasteiger partial charge is 0.263 e. The molecule has 0 unspecified atom stereocenters. The van der Waals surface area contributed by atoms with Gasteiger partial charge in [-0.2, -0.15) is 0 Å². The monoisotopic (exact) mass is 269 g/mol. The molecule has 1 aromatic carbocycles. The van der Waals surface area contributed by atoms with Gasteiger partial charge in [0.2, 0.25) is 0 Å². The van der Waals surface area contributed by atoms with Crippen LogP contribution in [-0.2, 0) is 4.79 Å². The van der Waals surface area contributed by atoms with Gasteiger partial charge >= 0.3 is 0 Å². The van der Waals surface area contributed by atoms with Crippen LogP contribution >= 0.6 is 24.0 Å². The van der Waals surface area contributed by atoms with Gasteiger partial charge in [-0.25, -0.2) is 4.39 Å². The molecule has 1 aliphatic rings. The van der Waals surface area contributed by atoms with E-state index in [-0.39, 0.29) is 11.7 Å². The van der Waals surface area contributed by atoms with Crippen molar-refractivity contribution in [2.24, 2.45) is 0 Å². The van der Waals surface area contributed by atoms with Crippen LogP contribution in [0.2, 0.25) is 0 Å². The molecule has 0 radical (unpaired) electrons. The molecule has 6 heteroatoms. The second-order valence-electron chi connectivity index (χ2n) is 3.25. The van der Waals surface area contributed by atoms with Crippen LogP contribution in [0, 0.1) is 5.82 Å². The number of ether oxygens (including phenoxy) is 1. The molecule has 1 heterocycles. The maximum Gasteiger partial charge on any atom is 0.263 e. The normalized spacial score (nSPS) is 17.4. The molecule has 88 valence electrons. The fourth-order valence-corrected chi connectivity index (χ4v) is 2.39. The van der Waals surface area contributed by atoms with E-state index in [2.05, 4.69) is 5.32 Å². The molecule has 0 atom stereocenters. The number of methoxy groups -OCH3 is 1. The maximum absolute atomic E-state index is 13.4.